The number of aliphatic hydroxyl groups excluding tert-OH is 1. The predicted molar refractivity (Wildman–Crippen MR) is 95.0 cm³/mol. The Balaban J connectivity index is 2.19. The lowest BCUT2D eigenvalue weighted by Gasteiger charge is -2.25. The highest BCUT2D eigenvalue weighted by Crippen LogP contribution is 2.36. The minimum atomic E-state index is -4.58. The summed E-state index contributed by atoms with van der Waals surface area (Å²) in [5, 5.41) is 9.67. The van der Waals surface area contributed by atoms with E-state index in [1.54, 1.807) is 0 Å². The number of rotatable bonds is 5. The summed E-state index contributed by atoms with van der Waals surface area (Å²) in [4.78, 5) is 24.1. The third-order valence-electron chi connectivity index (χ3n) is 4.14. The van der Waals surface area contributed by atoms with Gasteiger partial charge in [0.05, 0.1) is 18.6 Å². The molecule has 28 heavy (non-hydrogen) atoms. The van der Waals surface area contributed by atoms with Crippen LogP contribution in [-0.4, -0.2) is 35.9 Å². The molecular weight excluding hydrogens is 377 g/mol. The van der Waals surface area contributed by atoms with E-state index in [1.165, 1.54) is 18.2 Å². The number of esters is 2. The van der Waals surface area contributed by atoms with Crippen LogP contribution in [0, 0.1) is 5.41 Å². The molecule has 0 aliphatic carbocycles. The van der Waals surface area contributed by atoms with Gasteiger partial charge in [-0.05, 0) is 23.1 Å². The van der Waals surface area contributed by atoms with Crippen LogP contribution in [-0.2, 0) is 25.2 Å². The van der Waals surface area contributed by atoms with Gasteiger partial charge in [0.2, 0.25) is 0 Å². The first kappa shape index (κ1) is 21.9. The fourth-order valence-electron chi connectivity index (χ4n) is 2.81. The van der Waals surface area contributed by atoms with Crippen LogP contribution in [0.15, 0.2) is 29.8 Å². The minimum absolute atomic E-state index is 0.0300. The fourth-order valence-corrected chi connectivity index (χ4v) is 2.81. The van der Waals surface area contributed by atoms with Crippen LogP contribution in [0.3, 0.4) is 0 Å². The van der Waals surface area contributed by atoms with Gasteiger partial charge in [-0.15, -0.1) is 0 Å². The monoisotopic (exact) mass is 400 g/mol. The molecule has 2 rings (SSSR count). The zero-order valence-corrected chi connectivity index (χ0v) is 15.9. The maximum Gasteiger partial charge on any atom is 0.416 e. The highest BCUT2D eigenvalue weighted by Gasteiger charge is 2.45. The molecule has 1 aliphatic rings. The molecule has 0 spiro atoms. The number of carbonyl (C=O) groups is 2. The second-order valence-electron chi connectivity index (χ2n) is 8.06. The van der Waals surface area contributed by atoms with Crippen LogP contribution < -0.4 is 0 Å². The SMILES string of the molecule is CC(C)(C)CC(=O)OCC1(CO)C/C(=C\c2ccccc2C(F)(F)F)C(=O)O1. The molecule has 1 unspecified atom stereocenters. The van der Waals surface area contributed by atoms with Gasteiger partial charge in [0.15, 0.2) is 5.60 Å². The van der Waals surface area contributed by atoms with Crippen molar-refractivity contribution in [3.63, 3.8) is 0 Å². The highest BCUT2D eigenvalue weighted by molar-refractivity contribution is 5.96. The van der Waals surface area contributed by atoms with Crippen LogP contribution in [0.1, 0.15) is 44.7 Å². The van der Waals surface area contributed by atoms with E-state index >= 15 is 0 Å². The van der Waals surface area contributed by atoms with E-state index in [9.17, 15) is 27.9 Å². The van der Waals surface area contributed by atoms with Gasteiger partial charge in [0.1, 0.15) is 6.61 Å². The highest BCUT2D eigenvalue weighted by atomic mass is 19.4. The summed E-state index contributed by atoms with van der Waals surface area (Å²) >= 11 is 0. The predicted octanol–water partition coefficient (Wildman–Crippen LogP) is 3.75. The molecule has 1 fully saturated rings. The van der Waals surface area contributed by atoms with Gasteiger partial charge in [-0.1, -0.05) is 39.0 Å². The van der Waals surface area contributed by atoms with Crippen LogP contribution in [0.25, 0.3) is 6.08 Å². The summed E-state index contributed by atoms with van der Waals surface area (Å²) in [6.07, 6.45) is -3.52. The number of hydrogen-bond donors (Lipinski definition) is 1. The average molecular weight is 400 g/mol. The average Bonchev–Trinajstić information content (AvgIpc) is 2.88. The molecule has 154 valence electrons. The van der Waals surface area contributed by atoms with Crippen molar-refractivity contribution in [1.82, 2.24) is 0 Å². The quantitative estimate of drug-likeness (QED) is 0.602. The minimum Gasteiger partial charge on any atom is -0.461 e. The van der Waals surface area contributed by atoms with Crippen LogP contribution in [0.2, 0.25) is 0 Å². The molecule has 1 heterocycles. The van der Waals surface area contributed by atoms with Crippen LogP contribution in [0.4, 0.5) is 13.2 Å². The van der Waals surface area contributed by atoms with E-state index in [0.717, 1.165) is 12.1 Å². The number of benzene rings is 1. The summed E-state index contributed by atoms with van der Waals surface area (Å²) in [5.74, 6) is -1.37. The Hall–Kier alpha value is -2.35. The molecule has 0 radical (unpaired) electrons. The van der Waals surface area contributed by atoms with Gasteiger partial charge in [0.25, 0.3) is 0 Å². The number of ether oxygens (including phenoxy) is 2. The molecule has 5 nitrogen and oxygen atoms in total. The summed E-state index contributed by atoms with van der Waals surface area (Å²) in [6, 6.07) is 4.84. The Bertz CT molecular complexity index is 777. The van der Waals surface area contributed by atoms with Gasteiger partial charge in [-0.25, -0.2) is 4.79 Å². The Labute approximate surface area is 161 Å². The molecule has 0 bridgehead atoms. The number of aliphatic hydroxyl groups is 1. The summed E-state index contributed by atoms with van der Waals surface area (Å²) in [5.41, 5.74) is -2.89. The standard InChI is InChI=1S/C20H23F3O5/c1-18(2,3)10-16(25)27-12-19(11-24)9-14(17(26)28-19)8-13-6-4-5-7-15(13)20(21,22)23/h4-8,24H,9-12H2,1-3H3/b14-8+. The van der Waals surface area contributed by atoms with E-state index in [4.69, 9.17) is 9.47 Å². The summed E-state index contributed by atoms with van der Waals surface area (Å²) in [6.45, 7) is 4.56. The van der Waals surface area contributed by atoms with Crippen molar-refractivity contribution in [3.8, 4) is 0 Å². The second kappa shape index (κ2) is 7.95. The van der Waals surface area contributed by atoms with Gasteiger partial charge in [-0.3, -0.25) is 4.79 Å². The van der Waals surface area contributed by atoms with Crippen LogP contribution >= 0.6 is 0 Å². The molecule has 1 aromatic rings. The maximum absolute atomic E-state index is 13.1. The molecule has 0 amide bonds. The first-order valence-electron chi connectivity index (χ1n) is 8.72. The number of hydrogen-bond acceptors (Lipinski definition) is 5. The van der Waals surface area contributed by atoms with E-state index in [1.807, 2.05) is 20.8 Å². The Morgan fingerprint density at radius 3 is 2.50 bits per heavy atom. The zero-order valence-electron chi connectivity index (χ0n) is 15.9. The third kappa shape index (κ3) is 5.58. The number of cyclic esters (lactones) is 1. The number of alkyl halides is 3. The van der Waals surface area contributed by atoms with Crippen molar-refractivity contribution in [2.24, 2.45) is 5.41 Å². The lowest BCUT2D eigenvalue weighted by Crippen LogP contribution is -2.39. The number of halogens is 3. The lowest BCUT2D eigenvalue weighted by atomic mass is 9.92. The summed E-state index contributed by atoms with van der Waals surface area (Å²) < 4.78 is 49.7. The summed E-state index contributed by atoms with van der Waals surface area (Å²) in [7, 11) is 0. The second-order valence-corrected chi connectivity index (χ2v) is 8.06. The third-order valence-corrected chi connectivity index (χ3v) is 4.14. The first-order chi connectivity index (χ1) is 12.9. The van der Waals surface area contributed by atoms with Gasteiger partial charge in [-0.2, -0.15) is 13.2 Å². The molecule has 1 N–H and O–H groups in total. The van der Waals surface area contributed by atoms with Crippen molar-refractivity contribution >= 4 is 18.0 Å². The largest absolute Gasteiger partial charge is 0.461 e. The molecule has 0 saturated carbocycles. The normalized spacial score (nSPS) is 21.7. The Kier molecular flexibility index (Phi) is 6.23. The van der Waals surface area contributed by atoms with Gasteiger partial charge >= 0.3 is 18.1 Å². The molecule has 1 aromatic carbocycles. The van der Waals surface area contributed by atoms with Crippen molar-refractivity contribution in [1.29, 1.82) is 0 Å². The first-order valence-corrected chi connectivity index (χ1v) is 8.72. The Morgan fingerprint density at radius 2 is 1.93 bits per heavy atom. The van der Waals surface area contributed by atoms with Gasteiger partial charge in [0, 0.05) is 12.0 Å². The van der Waals surface area contributed by atoms with E-state index in [-0.39, 0.29) is 36.0 Å². The van der Waals surface area contributed by atoms with Gasteiger partial charge < -0.3 is 14.6 Å². The van der Waals surface area contributed by atoms with Crippen molar-refractivity contribution < 1.29 is 37.3 Å². The molecule has 1 atom stereocenters. The topological polar surface area (TPSA) is 72.8 Å². The van der Waals surface area contributed by atoms with Crippen LogP contribution in [0.5, 0.6) is 0 Å². The molecule has 0 aromatic heterocycles. The van der Waals surface area contributed by atoms with Crippen molar-refractivity contribution in [2.75, 3.05) is 13.2 Å². The van der Waals surface area contributed by atoms with E-state index < -0.39 is 35.9 Å². The maximum atomic E-state index is 13.1. The van der Waals surface area contributed by atoms with E-state index in [2.05, 4.69) is 0 Å². The van der Waals surface area contributed by atoms with Crippen molar-refractivity contribution in [2.45, 2.75) is 45.4 Å². The Morgan fingerprint density at radius 1 is 1.29 bits per heavy atom. The lowest BCUT2D eigenvalue weighted by molar-refractivity contribution is -0.167. The molecule has 1 saturated heterocycles. The fraction of sp³-hybridized carbons (Fsp3) is 0.500. The van der Waals surface area contributed by atoms with E-state index in [0.29, 0.717) is 0 Å². The molecule has 1 aliphatic heterocycles. The smallest absolute Gasteiger partial charge is 0.416 e. The molecular formula is C20H23F3O5. The zero-order chi connectivity index (χ0) is 21.2. The number of carbonyl (C=O) groups excluding carboxylic acids is 2. The molecule has 8 heteroatoms. The van der Waals surface area contributed by atoms with Crippen molar-refractivity contribution in [3.05, 3.63) is 41.0 Å².